The van der Waals surface area contributed by atoms with Gasteiger partial charge in [0.25, 0.3) is 5.91 Å². The molecule has 2 aromatic carbocycles. The number of carbonyl (C=O) groups excluding carboxylic acids is 1. The van der Waals surface area contributed by atoms with Crippen LogP contribution in [-0.4, -0.2) is 41.5 Å². The molecule has 1 saturated heterocycles. The van der Waals surface area contributed by atoms with Crippen LogP contribution in [0.25, 0.3) is 10.9 Å². The van der Waals surface area contributed by atoms with Crippen molar-refractivity contribution < 1.29 is 4.79 Å². The number of benzene rings is 2. The molecular weight excluding hydrogens is 372 g/mol. The van der Waals surface area contributed by atoms with E-state index in [0.717, 1.165) is 55.6 Å². The van der Waals surface area contributed by atoms with E-state index in [1.165, 1.54) is 5.56 Å². The quantitative estimate of drug-likeness (QED) is 0.613. The number of anilines is 1. The number of nitrogens with zero attached hydrogens (tertiary/aromatic N) is 2. The van der Waals surface area contributed by atoms with E-state index in [-0.39, 0.29) is 5.91 Å². The van der Waals surface area contributed by atoms with Gasteiger partial charge in [-0.2, -0.15) is 0 Å². The fourth-order valence-corrected chi connectivity index (χ4v) is 4.06. The van der Waals surface area contributed by atoms with Crippen LogP contribution in [0.1, 0.15) is 42.1 Å². The summed E-state index contributed by atoms with van der Waals surface area (Å²) in [6, 6.07) is 20.8. The summed E-state index contributed by atoms with van der Waals surface area (Å²) in [7, 11) is 0. The number of pyridine rings is 1. The van der Waals surface area contributed by atoms with Crippen LogP contribution < -0.4 is 10.6 Å². The molecule has 2 heterocycles. The monoisotopic (exact) mass is 402 g/mol. The van der Waals surface area contributed by atoms with Crippen molar-refractivity contribution in [2.24, 2.45) is 0 Å². The van der Waals surface area contributed by atoms with Gasteiger partial charge in [0.2, 0.25) is 0 Å². The zero-order chi connectivity index (χ0) is 20.8. The topological polar surface area (TPSA) is 57.3 Å². The van der Waals surface area contributed by atoms with Crippen LogP contribution in [0.5, 0.6) is 0 Å². The van der Waals surface area contributed by atoms with E-state index in [1.54, 1.807) is 0 Å². The highest BCUT2D eigenvalue weighted by Gasteiger charge is 2.20. The lowest BCUT2D eigenvalue weighted by molar-refractivity contribution is 0.0955. The zero-order valence-electron chi connectivity index (χ0n) is 17.6. The first-order valence-corrected chi connectivity index (χ1v) is 10.9. The lowest BCUT2D eigenvalue weighted by atomic mass is 10.0. The Kier molecular flexibility index (Phi) is 6.60. The molecule has 0 saturated carbocycles. The van der Waals surface area contributed by atoms with E-state index < -0.39 is 0 Å². The lowest BCUT2D eigenvalue weighted by Crippen LogP contribution is -2.38. The second kappa shape index (κ2) is 9.72. The Hall–Kier alpha value is -2.92. The first-order valence-electron chi connectivity index (χ1n) is 10.9. The average molecular weight is 403 g/mol. The Labute approximate surface area is 178 Å². The second-order valence-corrected chi connectivity index (χ2v) is 8.01. The van der Waals surface area contributed by atoms with Crippen LogP contribution in [0.2, 0.25) is 0 Å². The summed E-state index contributed by atoms with van der Waals surface area (Å²) in [6.07, 6.45) is 3.05. The molecule has 0 spiro atoms. The van der Waals surface area contributed by atoms with Crippen LogP contribution in [0.4, 0.5) is 5.82 Å². The number of hydrogen-bond donors (Lipinski definition) is 2. The number of amides is 1. The number of piperidine rings is 1. The highest BCUT2D eigenvalue weighted by molar-refractivity contribution is 6.06. The molecule has 0 bridgehead atoms. The molecule has 5 heteroatoms. The van der Waals surface area contributed by atoms with Crippen LogP contribution in [0.15, 0.2) is 60.7 Å². The second-order valence-electron chi connectivity index (χ2n) is 8.01. The summed E-state index contributed by atoms with van der Waals surface area (Å²) < 4.78 is 0. The smallest absolute Gasteiger partial charge is 0.252 e. The van der Waals surface area contributed by atoms with Crippen LogP contribution in [0, 0.1) is 0 Å². The number of carbonyl (C=O) groups is 1. The molecule has 3 aromatic rings. The van der Waals surface area contributed by atoms with Crippen molar-refractivity contribution in [3.63, 3.8) is 0 Å². The van der Waals surface area contributed by atoms with Crippen molar-refractivity contribution in [1.29, 1.82) is 0 Å². The first-order chi connectivity index (χ1) is 14.7. The molecule has 0 radical (unpaired) electrons. The van der Waals surface area contributed by atoms with Crippen LogP contribution in [-0.2, 0) is 6.54 Å². The zero-order valence-corrected chi connectivity index (χ0v) is 17.6. The van der Waals surface area contributed by atoms with Gasteiger partial charge in [0, 0.05) is 37.6 Å². The minimum absolute atomic E-state index is 0.0313. The Morgan fingerprint density at radius 2 is 1.80 bits per heavy atom. The van der Waals surface area contributed by atoms with Gasteiger partial charge in [-0.3, -0.25) is 9.69 Å². The maximum absolute atomic E-state index is 12.7. The van der Waals surface area contributed by atoms with Crippen molar-refractivity contribution in [1.82, 2.24) is 15.2 Å². The number of likely N-dealkylation sites (tertiary alicyclic amines) is 1. The third kappa shape index (κ3) is 4.97. The molecule has 30 heavy (non-hydrogen) atoms. The average Bonchev–Trinajstić information content (AvgIpc) is 2.79. The number of aromatic nitrogens is 1. The van der Waals surface area contributed by atoms with E-state index in [1.807, 2.05) is 30.3 Å². The molecule has 4 rings (SSSR count). The molecule has 1 aromatic heterocycles. The molecule has 1 fully saturated rings. The fourth-order valence-electron chi connectivity index (χ4n) is 4.06. The molecule has 0 atom stereocenters. The largest absolute Gasteiger partial charge is 0.367 e. The lowest BCUT2D eigenvalue weighted by Gasteiger charge is -2.32. The van der Waals surface area contributed by atoms with Gasteiger partial charge in [0.1, 0.15) is 5.82 Å². The first kappa shape index (κ1) is 20.4. The van der Waals surface area contributed by atoms with Crippen LogP contribution in [0.3, 0.4) is 0 Å². The van der Waals surface area contributed by atoms with Crippen molar-refractivity contribution in [3.8, 4) is 0 Å². The normalized spacial score (nSPS) is 15.2. The minimum Gasteiger partial charge on any atom is -0.367 e. The van der Waals surface area contributed by atoms with Gasteiger partial charge in [-0.15, -0.1) is 0 Å². The molecule has 0 aliphatic carbocycles. The van der Waals surface area contributed by atoms with Gasteiger partial charge in [-0.05, 0) is 37.0 Å². The molecule has 1 amide bonds. The van der Waals surface area contributed by atoms with Gasteiger partial charge < -0.3 is 10.6 Å². The van der Waals surface area contributed by atoms with Gasteiger partial charge in [-0.1, -0.05) is 55.5 Å². The standard InChI is InChI=1S/C25H30N4O/c1-2-14-26-25(30)22-17-24(28-23-11-7-6-10-21(22)23)27-20-12-15-29(16-13-20)18-19-8-4-3-5-9-19/h3-11,17,20H,2,12-16,18H2,1H3,(H,26,30)(H,27,28). The summed E-state index contributed by atoms with van der Waals surface area (Å²) in [5, 5.41) is 7.49. The van der Waals surface area contributed by atoms with Crippen molar-refractivity contribution in [2.75, 3.05) is 25.0 Å². The van der Waals surface area contributed by atoms with E-state index in [9.17, 15) is 4.79 Å². The van der Waals surface area contributed by atoms with Crippen LogP contribution >= 0.6 is 0 Å². The number of para-hydroxylation sites is 1. The Balaban J connectivity index is 1.43. The summed E-state index contributed by atoms with van der Waals surface area (Å²) in [5.41, 5.74) is 2.91. The molecule has 156 valence electrons. The van der Waals surface area contributed by atoms with Crippen molar-refractivity contribution >= 4 is 22.6 Å². The predicted octanol–water partition coefficient (Wildman–Crippen LogP) is 4.45. The van der Waals surface area contributed by atoms with Gasteiger partial charge in [0.15, 0.2) is 0 Å². The third-order valence-electron chi connectivity index (χ3n) is 5.68. The third-order valence-corrected chi connectivity index (χ3v) is 5.68. The Bertz CT molecular complexity index is 981. The molecular formula is C25H30N4O. The predicted molar refractivity (Wildman–Crippen MR) is 123 cm³/mol. The summed E-state index contributed by atoms with van der Waals surface area (Å²) in [5.74, 6) is 0.757. The van der Waals surface area contributed by atoms with E-state index in [4.69, 9.17) is 4.98 Å². The molecule has 5 nitrogen and oxygen atoms in total. The highest BCUT2D eigenvalue weighted by atomic mass is 16.1. The highest BCUT2D eigenvalue weighted by Crippen LogP contribution is 2.23. The Morgan fingerprint density at radius 3 is 2.57 bits per heavy atom. The summed E-state index contributed by atoms with van der Waals surface area (Å²) >= 11 is 0. The van der Waals surface area contributed by atoms with Gasteiger partial charge >= 0.3 is 0 Å². The summed E-state index contributed by atoms with van der Waals surface area (Å²) in [6.45, 7) is 5.86. The minimum atomic E-state index is -0.0313. The van der Waals surface area contributed by atoms with Crippen molar-refractivity contribution in [2.45, 2.75) is 38.8 Å². The summed E-state index contributed by atoms with van der Waals surface area (Å²) in [4.78, 5) is 20.0. The maximum atomic E-state index is 12.7. The number of rotatable bonds is 7. The Morgan fingerprint density at radius 1 is 1.07 bits per heavy atom. The van der Waals surface area contributed by atoms with E-state index in [0.29, 0.717) is 18.2 Å². The number of nitrogens with one attached hydrogen (secondary N) is 2. The molecule has 1 aliphatic rings. The maximum Gasteiger partial charge on any atom is 0.252 e. The molecule has 1 aliphatic heterocycles. The number of fused-ring (bicyclic) bond motifs is 1. The fraction of sp³-hybridized carbons (Fsp3) is 0.360. The van der Waals surface area contributed by atoms with E-state index >= 15 is 0 Å². The number of hydrogen-bond acceptors (Lipinski definition) is 4. The van der Waals surface area contributed by atoms with Gasteiger partial charge in [0.05, 0.1) is 11.1 Å². The molecule has 0 unspecified atom stereocenters. The van der Waals surface area contributed by atoms with Crippen molar-refractivity contribution in [3.05, 3.63) is 71.8 Å². The SMILES string of the molecule is CCCNC(=O)c1cc(NC2CCN(Cc3ccccc3)CC2)nc2ccccc12. The molecule has 2 N–H and O–H groups in total. The van der Waals surface area contributed by atoms with E-state index in [2.05, 4.69) is 52.8 Å². The van der Waals surface area contributed by atoms with Gasteiger partial charge in [-0.25, -0.2) is 4.98 Å².